The summed E-state index contributed by atoms with van der Waals surface area (Å²) in [4.78, 5) is 26.2. The molecule has 1 fully saturated rings. The van der Waals surface area contributed by atoms with Crippen LogP contribution in [0.5, 0.6) is 0 Å². The normalized spacial score (nSPS) is 21.8. The summed E-state index contributed by atoms with van der Waals surface area (Å²) in [6.45, 7) is 0. The number of nitrogens with zero attached hydrogens (tertiary/aromatic N) is 2. The Labute approximate surface area is 127 Å². The van der Waals surface area contributed by atoms with Gasteiger partial charge < -0.3 is 10.6 Å². The van der Waals surface area contributed by atoms with Crippen LogP contribution in [-0.2, 0) is 0 Å². The van der Waals surface area contributed by atoms with Crippen LogP contribution in [0.2, 0.25) is 5.15 Å². The van der Waals surface area contributed by atoms with Crippen LogP contribution >= 0.6 is 11.6 Å². The molecule has 1 aliphatic rings. The van der Waals surface area contributed by atoms with Crippen LogP contribution in [0.3, 0.4) is 0 Å². The molecule has 0 aliphatic heterocycles. The summed E-state index contributed by atoms with van der Waals surface area (Å²) in [6, 6.07) is 1.74. The van der Waals surface area contributed by atoms with Crippen LogP contribution in [-0.4, -0.2) is 34.9 Å². The van der Waals surface area contributed by atoms with E-state index < -0.39 is 10.8 Å². The molecule has 1 amide bonds. The Balaban J connectivity index is 2.07. The molecule has 0 bridgehead atoms. The molecule has 1 aliphatic carbocycles. The number of pyridine rings is 1. The minimum Gasteiger partial charge on any atom is -0.349 e. The summed E-state index contributed by atoms with van der Waals surface area (Å²) in [7, 11) is 1.92. The molecular weight excluding hydrogens is 296 g/mol. The van der Waals surface area contributed by atoms with E-state index in [1.165, 1.54) is 6.07 Å². The molecule has 8 heteroatoms. The predicted molar refractivity (Wildman–Crippen MR) is 78.5 cm³/mol. The number of rotatable bonds is 4. The van der Waals surface area contributed by atoms with Crippen molar-refractivity contribution in [3.05, 3.63) is 33.1 Å². The van der Waals surface area contributed by atoms with Crippen LogP contribution in [0.4, 0.5) is 5.69 Å². The maximum absolute atomic E-state index is 12.2. The Bertz CT molecular complexity index is 544. The number of hydrogen-bond donors (Lipinski definition) is 2. The maximum Gasteiger partial charge on any atom is 0.300 e. The van der Waals surface area contributed by atoms with Crippen LogP contribution in [0.1, 0.15) is 36.0 Å². The van der Waals surface area contributed by atoms with Crippen LogP contribution in [0.15, 0.2) is 12.3 Å². The molecule has 21 heavy (non-hydrogen) atoms. The second-order valence-electron chi connectivity index (χ2n) is 5.09. The third kappa shape index (κ3) is 3.89. The lowest BCUT2D eigenvalue weighted by molar-refractivity contribution is -0.385. The van der Waals surface area contributed by atoms with Gasteiger partial charge in [0.1, 0.15) is 16.9 Å². The average Bonchev–Trinajstić information content (AvgIpc) is 2.47. The number of nitrogens with one attached hydrogen (secondary N) is 2. The summed E-state index contributed by atoms with van der Waals surface area (Å²) in [5.41, 5.74) is -0.378. The topological polar surface area (TPSA) is 97.2 Å². The molecule has 0 saturated heterocycles. The lowest BCUT2D eigenvalue weighted by Gasteiger charge is -2.28. The molecule has 1 saturated carbocycles. The molecule has 0 unspecified atom stereocenters. The molecule has 0 aromatic carbocycles. The van der Waals surface area contributed by atoms with Gasteiger partial charge in [0.2, 0.25) is 0 Å². The number of halogens is 1. The zero-order valence-electron chi connectivity index (χ0n) is 11.6. The third-order valence-corrected chi connectivity index (χ3v) is 3.97. The number of carbonyl (C=O) groups excluding carboxylic acids is 1. The molecule has 1 heterocycles. The van der Waals surface area contributed by atoms with Gasteiger partial charge in [-0.2, -0.15) is 0 Å². The first-order valence-corrected chi connectivity index (χ1v) is 7.17. The molecular formula is C13H17ClN4O3. The van der Waals surface area contributed by atoms with Crippen LogP contribution in [0.25, 0.3) is 0 Å². The van der Waals surface area contributed by atoms with Gasteiger partial charge in [-0.25, -0.2) is 4.98 Å². The van der Waals surface area contributed by atoms with Crippen molar-refractivity contribution < 1.29 is 9.72 Å². The molecule has 7 nitrogen and oxygen atoms in total. The fourth-order valence-corrected chi connectivity index (χ4v) is 2.70. The highest BCUT2D eigenvalue weighted by Crippen LogP contribution is 2.22. The second kappa shape index (κ2) is 6.82. The van der Waals surface area contributed by atoms with Crippen molar-refractivity contribution in [1.82, 2.24) is 15.6 Å². The first kappa shape index (κ1) is 15.7. The van der Waals surface area contributed by atoms with Crippen LogP contribution in [0, 0.1) is 10.1 Å². The van der Waals surface area contributed by atoms with E-state index in [1.807, 2.05) is 7.05 Å². The van der Waals surface area contributed by atoms with E-state index in [9.17, 15) is 14.9 Å². The van der Waals surface area contributed by atoms with Gasteiger partial charge in [0.25, 0.3) is 11.6 Å². The van der Waals surface area contributed by atoms with Gasteiger partial charge in [0, 0.05) is 12.1 Å². The smallest absolute Gasteiger partial charge is 0.300 e. The number of nitro groups is 1. The van der Waals surface area contributed by atoms with E-state index >= 15 is 0 Å². The van der Waals surface area contributed by atoms with Gasteiger partial charge in [0.15, 0.2) is 0 Å². The summed E-state index contributed by atoms with van der Waals surface area (Å²) >= 11 is 5.72. The molecule has 114 valence electrons. The van der Waals surface area contributed by atoms with E-state index in [1.54, 1.807) is 0 Å². The number of carbonyl (C=O) groups is 1. The summed E-state index contributed by atoms with van der Waals surface area (Å²) in [5, 5.41) is 17.1. The highest BCUT2D eigenvalue weighted by Gasteiger charge is 2.26. The van der Waals surface area contributed by atoms with E-state index in [0.29, 0.717) is 6.04 Å². The Morgan fingerprint density at radius 1 is 1.38 bits per heavy atom. The van der Waals surface area contributed by atoms with Gasteiger partial charge in [-0.15, -0.1) is 0 Å². The zero-order valence-corrected chi connectivity index (χ0v) is 12.4. The second-order valence-corrected chi connectivity index (χ2v) is 5.48. The van der Waals surface area contributed by atoms with E-state index in [-0.39, 0.29) is 22.4 Å². The van der Waals surface area contributed by atoms with Crippen molar-refractivity contribution in [2.24, 2.45) is 0 Å². The third-order valence-electron chi connectivity index (χ3n) is 3.76. The first-order chi connectivity index (χ1) is 10.0. The van der Waals surface area contributed by atoms with E-state index in [0.717, 1.165) is 31.9 Å². The van der Waals surface area contributed by atoms with Crippen LogP contribution < -0.4 is 10.6 Å². The summed E-state index contributed by atoms with van der Waals surface area (Å²) < 4.78 is 0. The zero-order chi connectivity index (χ0) is 15.4. The minimum absolute atomic E-state index is 0.0358. The maximum atomic E-state index is 12.2. The fourth-order valence-electron chi connectivity index (χ4n) is 2.54. The minimum atomic E-state index is -0.629. The Hall–Kier alpha value is -1.73. The quantitative estimate of drug-likeness (QED) is 0.503. The van der Waals surface area contributed by atoms with E-state index in [4.69, 9.17) is 11.6 Å². The standard InChI is InChI=1S/C13H17ClN4O3/c1-15-8-2-4-9(5-3-8)17-13(19)10-6-12(14)16-7-11(10)18(20)21/h6-9,15H,2-5H2,1H3,(H,17,19). The lowest BCUT2D eigenvalue weighted by Crippen LogP contribution is -2.41. The van der Waals surface area contributed by atoms with Crippen molar-refractivity contribution in [2.45, 2.75) is 37.8 Å². The molecule has 2 rings (SSSR count). The fraction of sp³-hybridized carbons (Fsp3) is 0.538. The predicted octanol–water partition coefficient (Wildman–Crippen LogP) is 1.90. The monoisotopic (exact) mass is 312 g/mol. The van der Waals surface area contributed by atoms with Crippen molar-refractivity contribution in [3.8, 4) is 0 Å². The molecule has 0 spiro atoms. The average molecular weight is 313 g/mol. The number of amides is 1. The molecule has 1 aromatic rings. The van der Waals surface area contributed by atoms with Gasteiger partial charge in [-0.3, -0.25) is 14.9 Å². The molecule has 2 N–H and O–H groups in total. The highest BCUT2D eigenvalue weighted by atomic mass is 35.5. The Kier molecular flexibility index (Phi) is 5.08. The molecule has 0 radical (unpaired) electrons. The van der Waals surface area contributed by atoms with Crippen molar-refractivity contribution in [1.29, 1.82) is 0 Å². The highest BCUT2D eigenvalue weighted by molar-refractivity contribution is 6.29. The van der Waals surface area contributed by atoms with Gasteiger partial charge in [-0.1, -0.05) is 11.6 Å². The van der Waals surface area contributed by atoms with Gasteiger partial charge in [-0.05, 0) is 38.8 Å². The van der Waals surface area contributed by atoms with Gasteiger partial charge >= 0.3 is 0 Å². The van der Waals surface area contributed by atoms with Crippen molar-refractivity contribution >= 4 is 23.2 Å². The summed E-state index contributed by atoms with van der Waals surface area (Å²) in [6.07, 6.45) is 4.66. The first-order valence-electron chi connectivity index (χ1n) is 6.79. The Morgan fingerprint density at radius 3 is 2.57 bits per heavy atom. The SMILES string of the molecule is CNC1CCC(NC(=O)c2cc(Cl)ncc2[N+](=O)[O-])CC1. The summed E-state index contributed by atoms with van der Waals surface area (Å²) in [5.74, 6) is -0.473. The molecule has 1 aromatic heterocycles. The molecule has 0 atom stereocenters. The van der Waals surface area contributed by atoms with Crippen molar-refractivity contribution in [3.63, 3.8) is 0 Å². The number of aromatic nitrogens is 1. The lowest BCUT2D eigenvalue weighted by atomic mass is 9.91. The largest absolute Gasteiger partial charge is 0.349 e. The van der Waals surface area contributed by atoms with Crippen molar-refractivity contribution in [2.75, 3.05) is 7.05 Å². The van der Waals surface area contributed by atoms with Gasteiger partial charge in [0.05, 0.1) is 4.92 Å². The Morgan fingerprint density at radius 2 is 2.00 bits per heavy atom. The number of hydrogen-bond acceptors (Lipinski definition) is 5. The van der Waals surface area contributed by atoms with E-state index in [2.05, 4.69) is 15.6 Å².